The van der Waals surface area contributed by atoms with Crippen LogP contribution in [0.25, 0.3) is 0 Å². The van der Waals surface area contributed by atoms with Gasteiger partial charge in [0.05, 0.1) is 18.1 Å². The van der Waals surface area contributed by atoms with Crippen molar-refractivity contribution >= 4 is 5.78 Å². The van der Waals surface area contributed by atoms with E-state index in [4.69, 9.17) is 10.00 Å². The van der Waals surface area contributed by atoms with Gasteiger partial charge >= 0.3 is 0 Å². The second kappa shape index (κ2) is 5.77. The molecule has 0 aromatic rings. The summed E-state index contributed by atoms with van der Waals surface area (Å²) in [5.41, 5.74) is -0.400. The second-order valence-corrected chi connectivity index (χ2v) is 4.32. The minimum absolute atomic E-state index is 0.0607. The van der Waals surface area contributed by atoms with Gasteiger partial charge in [0.15, 0.2) is 0 Å². The number of ether oxygens (including phenoxy) is 1. The highest BCUT2D eigenvalue weighted by molar-refractivity contribution is 5.80. The van der Waals surface area contributed by atoms with E-state index in [1.807, 2.05) is 20.8 Å². The third-order valence-electron chi connectivity index (χ3n) is 2.27. The molecule has 3 heteroatoms. The Hall–Kier alpha value is -0.880. The first kappa shape index (κ1) is 13.1. The molecule has 80 valence electrons. The maximum absolute atomic E-state index is 11.5. The molecule has 1 atom stereocenters. The molecule has 14 heavy (non-hydrogen) atoms. The van der Waals surface area contributed by atoms with Crippen molar-refractivity contribution in [2.24, 2.45) is 11.3 Å². The number of Topliss-reactive ketones (excluding diaryl/α,β-unsaturated/α-hetero) is 1. The maximum Gasteiger partial charge on any atom is 0.138 e. The van der Waals surface area contributed by atoms with Crippen LogP contribution in [0.15, 0.2) is 0 Å². The van der Waals surface area contributed by atoms with Crippen molar-refractivity contribution in [3.8, 4) is 6.07 Å². The number of carbonyl (C=O) groups is 1. The molecule has 0 radical (unpaired) electrons. The van der Waals surface area contributed by atoms with Crippen molar-refractivity contribution in [3.05, 3.63) is 0 Å². The normalized spacial score (nSPS) is 13.4. The molecule has 0 bridgehead atoms. The zero-order valence-corrected chi connectivity index (χ0v) is 9.46. The lowest BCUT2D eigenvalue weighted by Crippen LogP contribution is -2.19. The Bertz CT molecular complexity index is 228. The summed E-state index contributed by atoms with van der Waals surface area (Å²) in [5.74, 6) is 0.115. The molecule has 0 rings (SSSR count). The second-order valence-electron chi connectivity index (χ2n) is 4.32. The Morgan fingerprint density at radius 3 is 2.57 bits per heavy atom. The number of rotatable bonds is 6. The minimum Gasteiger partial charge on any atom is -0.384 e. The summed E-state index contributed by atoms with van der Waals surface area (Å²) in [6, 6.07) is 2.18. The third-order valence-corrected chi connectivity index (χ3v) is 2.27. The molecular weight excluding hydrogens is 178 g/mol. The molecule has 0 aliphatic rings. The summed E-state index contributed by atoms with van der Waals surface area (Å²) in [7, 11) is 1.59. The first-order chi connectivity index (χ1) is 6.43. The Kier molecular flexibility index (Phi) is 5.40. The Morgan fingerprint density at radius 2 is 2.14 bits per heavy atom. The van der Waals surface area contributed by atoms with E-state index in [-0.39, 0.29) is 11.7 Å². The predicted octanol–water partition coefficient (Wildman–Crippen LogP) is 2.17. The van der Waals surface area contributed by atoms with Gasteiger partial charge in [0.2, 0.25) is 0 Å². The summed E-state index contributed by atoms with van der Waals surface area (Å²) < 4.78 is 4.90. The highest BCUT2D eigenvalue weighted by Gasteiger charge is 2.20. The predicted molar refractivity (Wildman–Crippen MR) is 54.7 cm³/mol. The molecule has 3 nitrogen and oxygen atoms in total. The van der Waals surface area contributed by atoms with Crippen molar-refractivity contribution in [2.75, 3.05) is 13.7 Å². The highest BCUT2D eigenvalue weighted by Crippen LogP contribution is 2.21. The van der Waals surface area contributed by atoms with Crippen molar-refractivity contribution in [1.82, 2.24) is 0 Å². The third kappa shape index (κ3) is 4.98. The largest absolute Gasteiger partial charge is 0.384 e. The monoisotopic (exact) mass is 197 g/mol. The Labute approximate surface area is 86.1 Å². The summed E-state index contributed by atoms with van der Waals surface area (Å²) in [4.78, 5) is 11.5. The van der Waals surface area contributed by atoms with Gasteiger partial charge in [0, 0.05) is 19.4 Å². The molecule has 1 unspecified atom stereocenters. The molecule has 0 heterocycles. The topological polar surface area (TPSA) is 50.1 Å². The van der Waals surface area contributed by atoms with Crippen LogP contribution in [0, 0.1) is 22.7 Å². The average Bonchev–Trinajstić information content (AvgIpc) is 2.15. The lowest BCUT2D eigenvalue weighted by molar-refractivity contribution is -0.124. The van der Waals surface area contributed by atoms with Gasteiger partial charge < -0.3 is 4.74 Å². The molecule has 0 fully saturated rings. The Morgan fingerprint density at radius 1 is 1.57 bits per heavy atom. The zero-order valence-electron chi connectivity index (χ0n) is 9.46. The number of nitriles is 1. The van der Waals surface area contributed by atoms with E-state index >= 15 is 0 Å². The quantitative estimate of drug-likeness (QED) is 0.655. The van der Waals surface area contributed by atoms with Crippen LogP contribution in [0.1, 0.15) is 33.6 Å². The van der Waals surface area contributed by atoms with Gasteiger partial charge in [-0.05, 0) is 20.3 Å². The van der Waals surface area contributed by atoms with Gasteiger partial charge in [-0.3, -0.25) is 4.79 Å². The molecule has 0 amide bonds. The molecule has 0 N–H and O–H groups in total. The molecule has 0 aliphatic carbocycles. The van der Waals surface area contributed by atoms with E-state index in [9.17, 15) is 4.79 Å². The number of hydrogen-bond donors (Lipinski definition) is 0. The van der Waals surface area contributed by atoms with Crippen LogP contribution in [0.3, 0.4) is 0 Å². The lowest BCUT2D eigenvalue weighted by Gasteiger charge is -2.15. The van der Waals surface area contributed by atoms with E-state index in [0.717, 1.165) is 0 Å². The van der Waals surface area contributed by atoms with Crippen LogP contribution < -0.4 is 0 Å². The van der Waals surface area contributed by atoms with Crippen molar-refractivity contribution < 1.29 is 9.53 Å². The number of nitrogens with zero attached hydrogens (tertiary/aromatic N) is 1. The standard InChI is InChI=1S/C11H19NO2/c1-9(7-14-4)10(13)5-6-11(2,3)8-12/h9H,5-7H2,1-4H3. The highest BCUT2D eigenvalue weighted by atomic mass is 16.5. The van der Waals surface area contributed by atoms with Gasteiger partial charge in [-0.2, -0.15) is 5.26 Å². The van der Waals surface area contributed by atoms with E-state index in [1.165, 1.54) is 0 Å². The van der Waals surface area contributed by atoms with Crippen molar-refractivity contribution in [1.29, 1.82) is 5.26 Å². The van der Waals surface area contributed by atoms with Crippen LogP contribution >= 0.6 is 0 Å². The van der Waals surface area contributed by atoms with Gasteiger partial charge in [-0.25, -0.2) is 0 Å². The fourth-order valence-electron chi connectivity index (χ4n) is 1.08. The Balaban J connectivity index is 3.92. The van der Waals surface area contributed by atoms with Gasteiger partial charge in [-0.1, -0.05) is 6.92 Å². The van der Waals surface area contributed by atoms with Gasteiger partial charge in [-0.15, -0.1) is 0 Å². The van der Waals surface area contributed by atoms with Crippen LogP contribution in [0.5, 0.6) is 0 Å². The molecule has 0 saturated heterocycles. The molecule has 0 saturated carbocycles. The average molecular weight is 197 g/mol. The van der Waals surface area contributed by atoms with E-state index in [0.29, 0.717) is 19.4 Å². The smallest absolute Gasteiger partial charge is 0.138 e. The first-order valence-corrected chi connectivity index (χ1v) is 4.86. The fraction of sp³-hybridized carbons (Fsp3) is 0.818. The summed E-state index contributed by atoms with van der Waals surface area (Å²) in [6.45, 7) is 6.01. The SMILES string of the molecule is COCC(C)C(=O)CCC(C)(C)C#N. The number of carbonyl (C=O) groups excluding carboxylic acids is 1. The summed E-state index contributed by atoms with van der Waals surface area (Å²) >= 11 is 0. The number of ketones is 1. The van der Waals surface area contributed by atoms with Gasteiger partial charge in [0.25, 0.3) is 0 Å². The van der Waals surface area contributed by atoms with Crippen LogP contribution in [-0.4, -0.2) is 19.5 Å². The first-order valence-electron chi connectivity index (χ1n) is 4.86. The molecular formula is C11H19NO2. The van der Waals surface area contributed by atoms with Gasteiger partial charge in [0.1, 0.15) is 5.78 Å². The van der Waals surface area contributed by atoms with Crippen molar-refractivity contribution in [3.63, 3.8) is 0 Å². The number of hydrogen-bond acceptors (Lipinski definition) is 3. The van der Waals surface area contributed by atoms with E-state index < -0.39 is 5.41 Å². The molecule has 0 aromatic carbocycles. The van der Waals surface area contributed by atoms with Crippen LogP contribution in [0.2, 0.25) is 0 Å². The van der Waals surface area contributed by atoms with E-state index in [2.05, 4.69) is 6.07 Å². The minimum atomic E-state index is -0.400. The maximum atomic E-state index is 11.5. The summed E-state index contributed by atoms with van der Waals surface area (Å²) in [6.07, 6.45) is 1.08. The van der Waals surface area contributed by atoms with Crippen LogP contribution in [0.4, 0.5) is 0 Å². The summed E-state index contributed by atoms with van der Waals surface area (Å²) in [5, 5.41) is 8.76. The molecule has 0 aromatic heterocycles. The van der Waals surface area contributed by atoms with E-state index in [1.54, 1.807) is 7.11 Å². The molecule has 0 aliphatic heterocycles. The lowest BCUT2D eigenvalue weighted by atomic mass is 9.87. The van der Waals surface area contributed by atoms with Crippen molar-refractivity contribution in [2.45, 2.75) is 33.6 Å². The fourth-order valence-corrected chi connectivity index (χ4v) is 1.08. The number of methoxy groups -OCH3 is 1. The van der Waals surface area contributed by atoms with Crippen LogP contribution in [-0.2, 0) is 9.53 Å². The molecule has 0 spiro atoms. The zero-order chi connectivity index (χ0) is 11.2.